The van der Waals surface area contributed by atoms with Gasteiger partial charge in [-0.3, -0.25) is 0 Å². The number of rotatable bonds is 6. The lowest BCUT2D eigenvalue weighted by Crippen LogP contribution is -2.60. The van der Waals surface area contributed by atoms with Crippen molar-refractivity contribution in [2.24, 2.45) is 46.3 Å². The molecule has 0 bridgehead atoms. The molecule has 4 rings (SSSR count). The highest BCUT2D eigenvalue weighted by molar-refractivity contribution is 5.13. The Hall–Kier alpha value is -0.120. The highest BCUT2D eigenvalue weighted by Crippen LogP contribution is 2.69. The number of methoxy groups -OCH3 is 1. The summed E-state index contributed by atoms with van der Waals surface area (Å²) in [5.74, 6) is 4.29. The van der Waals surface area contributed by atoms with Crippen LogP contribution in [0.3, 0.4) is 0 Å². The molecule has 0 aromatic carbocycles. The van der Waals surface area contributed by atoms with Crippen molar-refractivity contribution in [2.75, 3.05) is 7.11 Å². The zero-order valence-corrected chi connectivity index (χ0v) is 22.1. The molecule has 10 unspecified atom stereocenters. The van der Waals surface area contributed by atoms with Crippen LogP contribution in [-0.4, -0.2) is 34.6 Å². The van der Waals surface area contributed by atoms with E-state index >= 15 is 0 Å². The molecule has 4 saturated carbocycles. The molecule has 4 aliphatic rings. The average Bonchev–Trinajstić information content (AvgIpc) is 3.08. The van der Waals surface area contributed by atoms with Crippen LogP contribution in [0.15, 0.2) is 0 Å². The van der Waals surface area contributed by atoms with E-state index in [1.165, 1.54) is 32.1 Å². The monoisotopic (exact) mass is 448 g/mol. The molecule has 32 heavy (non-hydrogen) atoms. The Morgan fingerprint density at radius 3 is 2.38 bits per heavy atom. The van der Waals surface area contributed by atoms with Gasteiger partial charge in [-0.05, 0) is 131 Å². The highest BCUT2D eigenvalue weighted by atomic mass is 16.5. The molecule has 0 aromatic rings. The second kappa shape index (κ2) is 8.52. The van der Waals surface area contributed by atoms with Crippen molar-refractivity contribution in [3.63, 3.8) is 0 Å². The summed E-state index contributed by atoms with van der Waals surface area (Å²) in [7, 11) is 1.96. The molecule has 0 radical (unpaired) electrons. The molecular formula is C29H52O3. The van der Waals surface area contributed by atoms with Gasteiger partial charge < -0.3 is 14.9 Å². The van der Waals surface area contributed by atoms with Crippen LogP contribution in [0.2, 0.25) is 0 Å². The minimum atomic E-state index is -0.561. The molecule has 0 amide bonds. The molecule has 0 spiro atoms. The molecule has 3 heteroatoms. The Balaban J connectivity index is 1.57. The summed E-state index contributed by atoms with van der Waals surface area (Å²) < 4.78 is 6.37. The first-order valence-corrected chi connectivity index (χ1v) is 13.8. The SMILES string of the molecule is CCC1(O)CCC2(C)C(CCC3C4CCC(C(C)CCC(C)(C)O)C4(C)CC(OC)C32)C1. The summed E-state index contributed by atoms with van der Waals surface area (Å²) in [4.78, 5) is 0. The molecule has 10 atom stereocenters. The van der Waals surface area contributed by atoms with Gasteiger partial charge in [-0.2, -0.15) is 0 Å². The molecule has 0 aromatic heterocycles. The third-order valence-corrected chi connectivity index (χ3v) is 11.7. The first-order chi connectivity index (χ1) is 14.9. The Morgan fingerprint density at radius 1 is 1.03 bits per heavy atom. The predicted octanol–water partition coefficient (Wildman–Crippen LogP) is 6.60. The van der Waals surface area contributed by atoms with Crippen molar-refractivity contribution in [3.05, 3.63) is 0 Å². The summed E-state index contributed by atoms with van der Waals surface area (Å²) in [6.45, 7) is 13.7. The third-order valence-electron chi connectivity index (χ3n) is 11.7. The maximum atomic E-state index is 11.1. The van der Waals surface area contributed by atoms with Crippen LogP contribution in [0.1, 0.15) is 112 Å². The molecule has 4 aliphatic carbocycles. The molecule has 0 heterocycles. The van der Waals surface area contributed by atoms with Crippen molar-refractivity contribution in [3.8, 4) is 0 Å². The van der Waals surface area contributed by atoms with Crippen molar-refractivity contribution in [1.29, 1.82) is 0 Å². The molecule has 186 valence electrons. The van der Waals surface area contributed by atoms with Gasteiger partial charge in [0.1, 0.15) is 0 Å². The largest absolute Gasteiger partial charge is 0.390 e. The predicted molar refractivity (Wildman–Crippen MR) is 131 cm³/mol. The lowest BCUT2D eigenvalue weighted by atomic mass is 9.42. The Morgan fingerprint density at radius 2 is 1.75 bits per heavy atom. The number of aliphatic hydroxyl groups is 2. The van der Waals surface area contributed by atoms with Gasteiger partial charge in [-0.25, -0.2) is 0 Å². The minimum Gasteiger partial charge on any atom is -0.390 e. The fourth-order valence-corrected chi connectivity index (χ4v) is 9.71. The number of ether oxygens (including phenoxy) is 1. The standard InChI is InChI=1S/C29H52O3/c1-8-29(31)16-15-27(5)20(17-29)9-10-21-23-12-11-22(19(2)13-14-26(3,4)30)28(23,6)18-24(32-7)25(21)27/h19-25,30-31H,8-18H2,1-7H3. The highest BCUT2D eigenvalue weighted by Gasteiger charge is 2.64. The zero-order valence-electron chi connectivity index (χ0n) is 22.1. The molecule has 2 N–H and O–H groups in total. The number of hydrogen-bond donors (Lipinski definition) is 2. The molecule has 0 aliphatic heterocycles. The first-order valence-electron chi connectivity index (χ1n) is 13.8. The topological polar surface area (TPSA) is 49.7 Å². The zero-order chi connectivity index (χ0) is 23.5. The van der Waals surface area contributed by atoms with Gasteiger partial charge >= 0.3 is 0 Å². The van der Waals surface area contributed by atoms with Crippen molar-refractivity contribution in [2.45, 2.75) is 129 Å². The lowest BCUT2D eigenvalue weighted by Gasteiger charge is -2.64. The van der Waals surface area contributed by atoms with Crippen LogP contribution in [0, 0.1) is 46.3 Å². The Bertz CT molecular complexity index is 670. The summed E-state index contributed by atoms with van der Waals surface area (Å²) in [5, 5.41) is 21.4. The van der Waals surface area contributed by atoms with E-state index in [1.54, 1.807) is 0 Å². The first kappa shape index (κ1) is 25.0. The Labute approximate surface area is 198 Å². The van der Waals surface area contributed by atoms with Crippen LogP contribution >= 0.6 is 0 Å². The summed E-state index contributed by atoms with van der Waals surface area (Å²) >= 11 is 0. The molecule has 4 fully saturated rings. The average molecular weight is 449 g/mol. The fraction of sp³-hybridized carbons (Fsp3) is 1.00. The molecule has 3 nitrogen and oxygen atoms in total. The number of fused-ring (bicyclic) bond motifs is 5. The normalized spacial score (nSPS) is 49.8. The smallest absolute Gasteiger partial charge is 0.0648 e. The van der Waals surface area contributed by atoms with Crippen LogP contribution in [0.5, 0.6) is 0 Å². The van der Waals surface area contributed by atoms with Gasteiger partial charge in [0.2, 0.25) is 0 Å². The van der Waals surface area contributed by atoms with E-state index in [9.17, 15) is 10.2 Å². The van der Waals surface area contributed by atoms with E-state index in [4.69, 9.17) is 4.74 Å². The summed E-state index contributed by atoms with van der Waals surface area (Å²) in [6.07, 6.45) is 12.9. The summed E-state index contributed by atoms with van der Waals surface area (Å²) in [6, 6.07) is 0. The maximum absolute atomic E-state index is 11.1. The van der Waals surface area contributed by atoms with Gasteiger partial charge in [-0.15, -0.1) is 0 Å². The van der Waals surface area contributed by atoms with E-state index in [0.717, 1.165) is 56.3 Å². The van der Waals surface area contributed by atoms with Gasteiger partial charge in [0.05, 0.1) is 17.3 Å². The van der Waals surface area contributed by atoms with Crippen LogP contribution in [0.25, 0.3) is 0 Å². The van der Waals surface area contributed by atoms with Gasteiger partial charge in [0, 0.05) is 7.11 Å². The lowest BCUT2D eigenvalue weighted by molar-refractivity contribution is -0.199. The van der Waals surface area contributed by atoms with Crippen molar-refractivity contribution < 1.29 is 14.9 Å². The number of hydrogen-bond acceptors (Lipinski definition) is 3. The molecular weight excluding hydrogens is 396 g/mol. The second-order valence-electron chi connectivity index (χ2n) is 13.9. The quantitative estimate of drug-likeness (QED) is 0.481. The molecule has 0 saturated heterocycles. The van der Waals surface area contributed by atoms with Gasteiger partial charge in [-0.1, -0.05) is 27.7 Å². The van der Waals surface area contributed by atoms with Crippen LogP contribution < -0.4 is 0 Å². The maximum Gasteiger partial charge on any atom is 0.0648 e. The van der Waals surface area contributed by atoms with Crippen molar-refractivity contribution in [1.82, 2.24) is 0 Å². The minimum absolute atomic E-state index is 0.316. The van der Waals surface area contributed by atoms with E-state index in [2.05, 4.69) is 27.7 Å². The third kappa shape index (κ3) is 4.11. The van der Waals surface area contributed by atoms with Crippen LogP contribution in [-0.2, 0) is 4.74 Å². The summed E-state index contributed by atoms with van der Waals surface area (Å²) in [5.41, 5.74) is -0.314. The van der Waals surface area contributed by atoms with E-state index in [1.807, 2.05) is 21.0 Å². The van der Waals surface area contributed by atoms with E-state index in [0.29, 0.717) is 34.7 Å². The van der Waals surface area contributed by atoms with Crippen LogP contribution in [0.4, 0.5) is 0 Å². The second-order valence-corrected chi connectivity index (χ2v) is 13.9. The fourth-order valence-electron chi connectivity index (χ4n) is 9.71. The van der Waals surface area contributed by atoms with E-state index < -0.39 is 11.2 Å². The van der Waals surface area contributed by atoms with E-state index in [-0.39, 0.29) is 0 Å². The Kier molecular flexibility index (Phi) is 6.65. The van der Waals surface area contributed by atoms with Gasteiger partial charge in [0.25, 0.3) is 0 Å². The van der Waals surface area contributed by atoms with Crippen molar-refractivity contribution >= 4 is 0 Å². The van der Waals surface area contributed by atoms with Gasteiger partial charge in [0.15, 0.2) is 0 Å².